The lowest BCUT2D eigenvalue weighted by atomic mass is 10.1. The molecule has 4 nitrogen and oxygen atoms in total. The topological polar surface area (TPSA) is 47.6 Å². The summed E-state index contributed by atoms with van der Waals surface area (Å²) in [5.74, 6) is 1.40. The molecule has 116 valence electrons. The van der Waals surface area contributed by atoms with Crippen molar-refractivity contribution in [1.82, 2.24) is 5.32 Å². The van der Waals surface area contributed by atoms with Crippen LogP contribution in [0.15, 0.2) is 42.5 Å². The molecule has 2 rings (SSSR count). The molecule has 0 aromatic heterocycles. The van der Waals surface area contributed by atoms with Gasteiger partial charge in [-0.1, -0.05) is 17.7 Å². The van der Waals surface area contributed by atoms with Crippen LogP contribution in [0.25, 0.3) is 0 Å². The van der Waals surface area contributed by atoms with Crippen molar-refractivity contribution >= 4 is 5.91 Å². The van der Waals surface area contributed by atoms with Crippen molar-refractivity contribution in [3.63, 3.8) is 0 Å². The number of benzene rings is 2. The van der Waals surface area contributed by atoms with E-state index in [1.165, 1.54) is 5.56 Å². The van der Waals surface area contributed by atoms with E-state index in [0.717, 1.165) is 11.3 Å². The Morgan fingerprint density at radius 2 is 1.86 bits per heavy atom. The molecule has 0 spiro atoms. The van der Waals surface area contributed by atoms with Crippen molar-refractivity contribution < 1.29 is 14.3 Å². The Labute approximate surface area is 131 Å². The number of aryl methyl sites for hydroxylation is 1. The highest BCUT2D eigenvalue weighted by Crippen LogP contribution is 2.22. The summed E-state index contributed by atoms with van der Waals surface area (Å²) in [6.07, 6.45) is 0. The van der Waals surface area contributed by atoms with Gasteiger partial charge in [0.2, 0.25) is 0 Å². The summed E-state index contributed by atoms with van der Waals surface area (Å²) < 4.78 is 11.1. The number of carbonyl (C=O) groups is 1. The van der Waals surface area contributed by atoms with Crippen LogP contribution >= 0.6 is 0 Å². The van der Waals surface area contributed by atoms with Gasteiger partial charge in [0.15, 0.2) is 0 Å². The van der Waals surface area contributed by atoms with Gasteiger partial charge < -0.3 is 14.8 Å². The van der Waals surface area contributed by atoms with Gasteiger partial charge in [-0.25, -0.2) is 0 Å². The highest BCUT2D eigenvalue weighted by atomic mass is 16.5. The highest BCUT2D eigenvalue weighted by molar-refractivity contribution is 5.94. The number of ether oxygens (including phenoxy) is 2. The first-order chi connectivity index (χ1) is 10.6. The van der Waals surface area contributed by atoms with Crippen molar-refractivity contribution in [2.75, 3.05) is 13.7 Å². The second kappa shape index (κ2) is 7.50. The third kappa shape index (κ3) is 4.01. The van der Waals surface area contributed by atoms with Crippen LogP contribution in [-0.4, -0.2) is 19.6 Å². The van der Waals surface area contributed by atoms with Crippen molar-refractivity contribution in [3.05, 3.63) is 59.2 Å². The highest BCUT2D eigenvalue weighted by Gasteiger charge is 2.10. The lowest BCUT2D eigenvalue weighted by molar-refractivity contribution is 0.0955. The molecular formula is C18H21NO3. The maximum absolute atomic E-state index is 11.9. The molecule has 0 fully saturated rings. The first-order valence-corrected chi connectivity index (χ1v) is 7.28. The summed E-state index contributed by atoms with van der Waals surface area (Å²) in [5.41, 5.74) is 2.63. The van der Waals surface area contributed by atoms with E-state index in [9.17, 15) is 4.79 Å². The van der Waals surface area contributed by atoms with E-state index >= 15 is 0 Å². The number of hydrogen-bond donors (Lipinski definition) is 1. The van der Waals surface area contributed by atoms with Crippen LogP contribution in [0.4, 0.5) is 0 Å². The Morgan fingerprint density at radius 3 is 2.50 bits per heavy atom. The zero-order chi connectivity index (χ0) is 15.9. The van der Waals surface area contributed by atoms with Gasteiger partial charge in [0.25, 0.3) is 5.91 Å². The predicted molar refractivity (Wildman–Crippen MR) is 86.5 cm³/mol. The van der Waals surface area contributed by atoms with Gasteiger partial charge in [-0.3, -0.25) is 4.79 Å². The predicted octanol–water partition coefficient (Wildman–Crippen LogP) is 3.33. The zero-order valence-electron chi connectivity index (χ0n) is 13.2. The van der Waals surface area contributed by atoms with E-state index < -0.39 is 0 Å². The Balaban J connectivity index is 2.15. The van der Waals surface area contributed by atoms with Gasteiger partial charge in [-0.2, -0.15) is 0 Å². The first kappa shape index (κ1) is 15.9. The molecule has 2 aromatic rings. The van der Waals surface area contributed by atoms with Crippen LogP contribution in [0.1, 0.15) is 28.4 Å². The molecule has 1 amide bonds. The monoisotopic (exact) mass is 299 g/mol. The van der Waals surface area contributed by atoms with Gasteiger partial charge in [0, 0.05) is 17.7 Å². The summed E-state index contributed by atoms with van der Waals surface area (Å²) in [6.45, 7) is 4.87. The van der Waals surface area contributed by atoms with Crippen LogP contribution in [0, 0.1) is 6.92 Å². The molecule has 0 saturated carbocycles. The minimum atomic E-state index is -0.0956. The Kier molecular flexibility index (Phi) is 5.42. The quantitative estimate of drug-likeness (QED) is 0.890. The van der Waals surface area contributed by atoms with Gasteiger partial charge in [0.1, 0.15) is 18.1 Å². The number of carbonyl (C=O) groups excluding carboxylic acids is 1. The molecule has 0 radical (unpaired) electrons. The van der Waals surface area contributed by atoms with Crippen molar-refractivity contribution in [2.24, 2.45) is 0 Å². The minimum absolute atomic E-state index is 0.0956. The average Bonchev–Trinajstić information content (AvgIpc) is 2.54. The second-order valence-corrected chi connectivity index (χ2v) is 4.99. The number of methoxy groups -OCH3 is 1. The van der Waals surface area contributed by atoms with Crippen molar-refractivity contribution in [1.29, 1.82) is 0 Å². The summed E-state index contributed by atoms with van der Waals surface area (Å²) in [4.78, 5) is 11.9. The number of rotatable bonds is 6. The molecule has 0 atom stereocenters. The molecule has 0 aliphatic carbocycles. The molecule has 0 aliphatic heterocycles. The lowest BCUT2D eigenvalue weighted by Gasteiger charge is -2.12. The summed E-state index contributed by atoms with van der Waals surface area (Å²) in [5, 5.41) is 2.79. The molecule has 0 aliphatic rings. The lowest BCUT2D eigenvalue weighted by Crippen LogP contribution is -2.22. The van der Waals surface area contributed by atoms with Gasteiger partial charge >= 0.3 is 0 Å². The van der Waals surface area contributed by atoms with Gasteiger partial charge in [0.05, 0.1) is 7.11 Å². The van der Waals surface area contributed by atoms with E-state index in [0.29, 0.717) is 24.5 Å². The molecule has 0 saturated heterocycles. The van der Waals surface area contributed by atoms with E-state index in [-0.39, 0.29) is 5.91 Å². The second-order valence-electron chi connectivity index (χ2n) is 4.99. The number of amides is 1. The fraction of sp³-hybridized carbons (Fsp3) is 0.278. The molecule has 4 heteroatoms. The molecule has 0 bridgehead atoms. The molecule has 2 aromatic carbocycles. The fourth-order valence-electron chi connectivity index (χ4n) is 2.09. The molecular weight excluding hydrogens is 278 g/mol. The summed E-state index contributed by atoms with van der Waals surface area (Å²) >= 11 is 0. The fourth-order valence-corrected chi connectivity index (χ4v) is 2.09. The number of hydrogen-bond acceptors (Lipinski definition) is 3. The minimum Gasteiger partial charge on any atom is -0.496 e. The van der Waals surface area contributed by atoms with E-state index in [2.05, 4.69) is 5.32 Å². The van der Waals surface area contributed by atoms with Crippen molar-refractivity contribution in [2.45, 2.75) is 20.5 Å². The van der Waals surface area contributed by atoms with E-state index in [1.807, 2.05) is 38.1 Å². The summed E-state index contributed by atoms with van der Waals surface area (Å²) in [7, 11) is 1.61. The van der Waals surface area contributed by atoms with Crippen LogP contribution in [0.2, 0.25) is 0 Å². The van der Waals surface area contributed by atoms with E-state index in [4.69, 9.17) is 9.47 Å². The maximum atomic E-state index is 11.9. The Hall–Kier alpha value is -2.49. The van der Waals surface area contributed by atoms with Crippen LogP contribution < -0.4 is 14.8 Å². The van der Waals surface area contributed by atoms with Crippen LogP contribution in [0.3, 0.4) is 0 Å². The summed E-state index contributed by atoms with van der Waals surface area (Å²) in [6, 6.07) is 13.2. The smallest absolute Gasteiger partial charge is 0.251 e. The molecule has 22 heavy (non-hydrogen) atoms. The Bertz CT molecular complexity index is 635. The van der Waals surface area contributed by atoms with Crippen molar-refractivity contribution in [3.8, 4) is 11.5 Å². The normalized spacial score (nSPS) is 10.1. The van der Waals surface area contributed by atoms with Crippen LogP contribution in [-0.2, 0) is 6.61 Å². The first-order valence-electron chi connectivity index (χ1n) is 7.28. The molecule has 1 N–H and O–H groups in total. The SMILES string of the molecule is CCNC(=O)c1ccc(OC)c(COc2ccc(C)cc2)c1. The van der Waals surface area contributed by atoms with Crippen LogP contribution in [0.5, 0.6) is 11.5 Å². The third-order valence-corrected chi connectivity index (χ3v) is 3.30. The van der Waals surface area contributed by atoms with E-state index in [1.54, 1.807) is 25.3 Å². The molecule has 0 heterocycles. The molecule has 0 unspecified atom stereocenters. The van der Waals surface area contributed by atoms with Gasteiger partial charge in [-0.15, -0.1) is 0 Å². The van der Waals surface area contributed by atoms with Gasteiger partial charge in [-0.05, 0) is 44.2 Å². The maximum Gasteiger partial charge on any atom is 0.251 e. The third-order valence-electron chi connectivity index (χ3n) is 3.30. The standard InChI is InChI=1S/C18H21NO3/c1-4-19-18(20)14-7-10-17(21-3)15(11-14)12-22-16-8-5-13(2)6-9-16/h5-11H,4,12H2,1-3H3,(H,19,20). The largest absolute Gasteiger partial charge is 0.496 e. The number of nitrogens with one attached hydrogen (secondary N) is 1. The zero-order valence-corrected chi connectivity index (χ0v) is 13.2. The Morgan fingerprint density at radius 1 is 1.14 bits per heavy atom. The average molecular weight is 299 g/mol.